The van der Waals surface area contributed by atoms with Crippen LogP contribution in [0, 0.1) is 0 Å². The Kier molecular flexibility index (Phi) is 7.21. The number of anilines is 1. The van der Waals surface area contributed by atoms with Crippen molar-refractivity contribution in [3.05, 3.63) is 71.7 Å². The van der Waals surface area contributed by atoms with Crippen LogP contribution in [-0.4, -0.2) is 71.6 Å². The first-order valence-corrected chi connectivity index (χ1v) is 10.9. The number of benzene rings is 1. The molecule has 9 nitrogen and oxygen atoms in total. The van der Waals surface area contributed by atoms with Gasteiger partial charge in [0.05, 0.1) is 24.5 Å². The Bertz CT molecular complexity index is 1120. The molecule has 33 heavy (non-hydrogen) atoms. The molecule has 0 unspecified atom stereocenters. The minimum Gasteiger partial charge on any atom is -0.378 e. The number of nitrogens with zero attached hydrogens (tertiary/aromatic N) is 4. The highest BCUT2D eigenvalue weighted by molar-refractivity contribution is 5.96. The third kappa shape index (κ3) is 5.50. The smallest absolute Gasteiger partial charge is 0.257 e. The highest BCUT2D eigenvalue weighted by atomic mass is 16.5. The molecule has 0 saturated carbocycles. The Morgan fingerprint density at radius 2 is 1.88 bits per heavy atom. The number of hydrogen-bond acceptors (Lipinski definition) is 7. The van der Waals surface area contributed by atoms with Gasteiger partial charge in [-0.3, -0.25) is 9.59 Å². The first kappa shape index (κ1) is 22.3. The van der Waals surface area contributed by atoms with E-state index in [4.69, 9.17) is 9.72 Å². The summed E-state index contributed by atoms with van der Waals surface area (Å²) in [6, 6.07) is 12.9. The number of morpholine rings is 1. The van der Waals surface area contributed by atoms with E-state index in [0.29, 0.717) is 67.7 Å². The fourth-order valence-electron chi connectivity index (χ4n) is 3.55. The Morgan fingerprint density at radius 3 is 2.64 bits per heavy atom. The van der Waals surface area contributed by atoms with Gasteiger partial charge in [-0.15, -0.1) is 0 Å². The maximum absolute atomic E-state index is 13.1. The standard InChI is InChI=1S/C24H26N6O3/c1-25-21-15-18(7-9-26-21)23(31)27-10-8-20-19(24(32)30-11-13-33-14-12-30)16-28-22(29-20)17-5-3-2-4-6-17/h2-7,9,15-16H,8,10-14H2,1H3,(H,25,26)(H,27,31). The number of rotatable bonds is 7. The number of carbonyl (C=O) groups is 2. The van der Waals surface area contributed by atoms with Crippen molar-refractivity contribution in [2.45, 2.75) is 6.42 Å². The van der Waals surface area contributed by atoms with Gasteiger partial charge in [-0.05, 0) is 12.1 Å². The maximum atomic E-state index is 13.1. The van der Waals surface area contributed by atoms with Gasteiger partial charge in [0.2, 0.25) is 0 Å². The van der Waals surface area contributed by atoms with E-state index >= 15 is 0 Å². The molecule has 1 saturated heterocycles. The van der Waals surface area contributed by atoms with Crippen molar-refractivity contribution in [3.63, 3.8) is 0 Å². The van der Waals surface area contributed by atoms with Gasteiger partial charge in [0, 0.05) is 56.6 Å². The largest absolute Gasteiger partial charge is 0.378 e. The normalized spacial score (nSPS) is 13.4. The van der Waals surface area contributed by atoms with E-state index in [-0.39, 0.29) is 11.8 Å². The van der Waals surface area contributed by atoms with Crippen LogP contribution in [0.1, 0.15) is 26.4 Å². The predicted molar refractivity (Wildman–Crippen MR) is 124 cm³/mol. The van der Waals surface area contributed by atoms with Crippen LogP contribution in [0.4, 0.5) is 5.82 Å². The van der Waals surface area contributed by atoms with Crippen molar-refractivity contribution in [2.75, 3.05) is 45.2 Å². The van der Waals surface area contributed by atoms with Crippen LogP contribution in [0.25, 0.3) is 11.4 Å². The summed E-state index contributed by atoms with van der Waals surface area (Å²) in [5, 5.41) is 5.82. The molecule has 0 atom stereocenters. The van der Waals surface area contributed by atoms with Gasteiger partial charge in [-0.25, -0.2) is 15.0 Å². The summed E-state index contributed by atoms with van der Waals surface area (Å²) < 4.78 is 5.36. The lowest BCUT2D eigenvalue weighted by Crippen LogP contribution is -2.41. The zero-order valence-electron chi connectivity index (χ0n) is 18.5. The van der Waals surface area contributed by atoms with Gasteiger partial charge in [-0.1, -0.05) is 30.3 Å². The van der Waals surface area contributed by atoms with E-state index in [1.165, 1.54) is 0 Å². The second kappa shape index (κ2) is 10.6. The molecule has 3 aromatic rings. The molecule has 0 radical (unpaired) electrons. The number of aromatic nitrogens is 3. The molecule has 2 amide bonds. The Morgan fingerprint density at radius 1 is 1.09 bits per heavy atom. The Labute approximate surface area is 192 Å². The van der Waals surface area contributed by atoms with Gasteiger partial charge in [-0.2, -0.15) is 0 Å². The van der Waals surface area contributed by atoms with Gasteiger partial charge < -0.3 is 20.3 Å². The average molecular weight is 447 g/mol. The number of amides is 2. The van der Waals surface area contributed by atoms with Crippen molar-refractivity contribution in [3.8, 4) is 11.4 Å². The molecule has 2 N–H and O–H groups in total. The maximum Gasteiger partial charge on any atom is 0.257 e. The monoisotopic (exact) mass is 446 g/mol. The summed E-state index contributed by atoms with van der Waals surface area (Å²) in [7, 11) is 1.75. The summed E-state index contributed by atoms with van der Waals surface area (Å²) in [6.45, 7) is 2.42. The molecule has 1 fully saturated rings. The molecular formula is C24H26N6O3. The van der Waals surface area contributed by atoms with Crippen molar-refractivity contribution in [1.29, 1.82) is 0 Å². The average Bonchev–Trinajstić information content (AvgIpc) is 2.89. The van der Waals surface area contributed by atoms with Crippen LogP contribution in [0.15, 0.2) is 54.9 Å². The van der Waals surface area contributed by atoms with Crippen molar-refractivity contribution in [1.82, 2.24) is 25.2 Å². The number of hydrogen-bond donors (Lipinski definition) is 2. The lowest BCUT2D eigenvalue weighted by Gasteiger charge is -2.27. The quantitative estimate of drug-likeness (QED) is 0.571. The first-order chi connectivity index (χ1) is 16.2. The van der Waals surface area contributed by atoms with E-state index in [9.17, 15) is 9.59 Å². The molecule has 1 aromatic carbocycles. The summed E-state index contributed by atoms with van der Waals surface area (Å²) in [5.74, 6) is 0.826. The number of pyridine rings is 1. The Hall–Kier alpha value is -3.85. The van der Waals surface area contributed by atoms with Crippen molar-refractivity contribution >= 4 is 17.6 Å². The van der Waals surface area contributed by atoms with E-state index in [1.54, 1.807) is 36.5 Å². The lowest BCUT2D eigenvalue weighted by atomic mass is 10.1. The summed E-state index contributed by atoms with van der Waals surface area (Å²) >= 11 is 0. The third-order valence-electron chi connectivity index (χ3n) is 5.35. The van der Waals surface area contributed by atoms with Gasteiger partial charge in [0.25, 0.3) is 11.8 Å². The summed E-state index contributed by atoms with van der Waals surface area (Å²) in [4.78, 5) is 40.7. The molecule has 2 aromatic heterocycles. The fourth-order valence-corrected chi connectivity index (χ4v) is 3.55. The molecule has 170 valence electrons. The van der Waals surface area contributed by atoms with Gasteiger partial charge in [0.15, 0.2) is 5.82 Å². The zero-order valence-corrected chi connectivity index (χ0v) is 18.5. The number of ether oxygens (including phenoxy) is 1. The Balaban J connectivity index is 1.53. The number of nitrogens with one attached hydrogen (secondary N) is 2. The van der Waals surface area contributed by atoms with E-state index in [0.717, 1.165) is 5.56 Å². The minimum atomic E-state index is -0.215. The molecule has 4 rings (SSSR count). The summed E-state index contributed by atoms with van der Waals surface area (Å²) in [5.41, 5.74) is 2.43. The highest BCUT2D eigenvalue weighted by Gasteiger charge is 2.23. The fraction of sp³-hybridized carbons (Fsp3) is 0.292. The zero-order chi connectivity index (χ0) is 23.0. The first-order valence-electron chi connectivity index (χ1n) is 10.9. The van der Waals surface area contributed by atoms with E-state index in [1.807, 2.05) is 30.3 Å². The van der Waals surface area contributed by atoms with Crippen LogP contribution < -0.4 is 10.6 Å². The second-order valence-corrected chi connectivity index (χ2v) is 7.51. The third-order valence-corrected chi connectivity index (χ3v) is 5.35. The topological polar surface area (TPSA) is 109 Å². The van der Waals surface area contributed by atoms with Crippen LogP contribution >= 0.6 is 0 Å². The second-order valence-electron chi connectivity index (χ2n) is 7.51. The van der Waals surface area contributed by atoms with Crippen molar-refractivity contribution in [2.24, 2.45) is 0 Å². The molecule has 9 heteroatoms. The predicted octanol–water partition coefficient (Wildman–Crippen LogP) is 2.03. The van der Waals surface area contributed by atoms with Crippen LogP contribution in [-0.2, 0) is 11.2 Å². The molecule has 1 aliphatic rings. The van der Waals surface area contributed by atoms with Crippen LogP contribution in [0.3, 0.4) is 0 Å². The molecule has 0 aliphatic carbocycles. The van der Waals surface area contributed by atoms with E-state index in [2.05, 4.69) is 20.6 Å². The lowest BCUT2D eigenvalue weighted by molar-refractivity contribution is 0.0301. The molecule has 3 heterocycles. The molecule has 0 bridgehead atoms. The van der Waals surface area contributed by atoms with Crippen LogP contribution in [0.2, 0.25) is 0 Å². The molecular weight excluding hydrogens is 420 g/mol. The number of carbonyl (C=O) groups excluding carboxylic acids is 2. The van der Waals surface area contributed by atoms with Gasteiger partial charge >= 0.3 is 0 Å². The highest BCUT2D eigenvalue weighted by Crippen LogP contribution is 2.18. The van der Waals surface area contributed by atoms with Crippen LogP contribution in [0.5, 0.6) is 0 Å². The molecule has 0 spiro atoms. The summed E-state index contributed by atoms with van der Waals surface area (Å²) in [6.07, 6.45) is 3.56. The molecule has 1 aliphatic heterocycles. The van der Waals surface area contributed by atoms with Gasteiger partial charge in [0.1, 0.15) is 5.82 Å². The SMILES string of the molecule is CNc1cc(C(=O)NCCc2nc(-c3ccccc3)ncc2C(=O)N2CCOCC2)ccn1. The van der Waals surface area contributed by atoms with E-state index < -0.39 is 0 Å². The minimum absolute atomic E-state index is 0.118. The van der Waals surface area contributed by atoms with Crippen molar-refractivity contribution < 1.29 is 14.3 Å².